The van der Waals surface area contributed by atoms with E-state index in [-0.39, 0.29) is 22.6 Å². The fraction of sp³-hybridized carbons (Fsp3) is 0.357. The predicted octanol–water partition coefficient (Wildman–Crippen LogP) is 5.41. The molecule has 0 aliphatic carbocycles. The van der Waals surface area contributed by atoms with Crippen LogP contribution in [0.25, 0.3) is 5.69 Å². The SMILES string of the molecule is CC(C)c1nn(-c2cccc(C(F)(F)F)c2)c(Cl)c1CCl. The van der Waals surface area contributed by atoms with Gasteiger partial charge < -0.3 is 0 Å². The molecule has 2 rings (SSSR count). The molecule has 7 heteroatoms. The van der Waals surface area contributed by atoms with Gasteiger partial charge in [0.25, 0.3) is 0 Å². The standard InChI is InChI=1S/C14H13Cl2F3N2/c1-8(2)12-11(7-15)13(16)21(20-12)10-5-3-4-9(6-10)14(17,18)19/h3-6,8H,7H2,1-2H3. The van der Waals surface area contributed by atoms with E-state index in [0.717, 1.165) is 12.1 Å². The van der Waals surface area contributed by atoms with Gasteiger partial charge in [-0.25, -0.2) is 4.68 Å². The number of rotatable bonds is 3. The Hall–Kier alpha value is -1.20. The molecule has 0 atom stereocenters. The van der Waals surface area contributed by atoms with E-state index in [2.05, 4.69) is 5.10 Å². The molecule has 0 amide bonds. The van der Waals surface area contributed by atoms with Gasteiger partial charge in [0.2, 0.25) is 0 Å². The van der Waals surface area contributed by atoms with Crippen molar-refractivity contribution >= 4 is 23.2 Å². The fourth-order valence-corrected chi connectivity index (χ4v) is 2.65. The first-order chi connectivity index (χ1) is 9.75. The molecule has 2 aromatic rings. The Morgan fingerprint density at radius 3 is 2.43 bits per heavy atom. The molecule has 1 aromatic carbocycles. The van der Waals surface area contributed by atoms with Gasteiger partial charge in [0.1, 0.15) is 5.15 Å². The van der Waals surface area contributed by atoms with Gasteiger partial charge in [-0.3, -0.25) is 0 Å². The van der Waals surface area contributed by atoms with Crippen molar-refractivity contribution in [3.05, 3.63) is 46.2 Å². The zero-order valence-electron chi connectivity index (χ0n) is 11.4. The normalized spacial score (nSPS) is 12.2. The first-order valence-corrected chi connectivity index (χ1v) is 7.17. The Morgan fingerprint density at radius 1 is 1.29 bits per heavy atom. The van der Waals surface area contributed by atoms with Crippen LogP contribution in [0.1, 0.15) is 36.6 Å². The van der Waals surface area contributed by atoms with Crippen LogP contribution < -0.4 is 0 Å². The van der Waals surface area contributed by atoms with E-state index < -0.39 is 11.7 Å². The van der Waals surface area contributed by atoms with Crippen molar-refractivity contribution in [3.8, 4) is 5.69 Å². The molecule has 0 bridgehead atoms. The minimum absolute atomic E-state index is 0.0725. The zero-order chi connectivity index (χ0) is 15.8. The topological polar surface area (TPSA) is 17.8 Å². The van der Waals surface area contributed by atoms with Gasteiger partial charge in [0.15, 0.2) is 0 Å². The Kier molecular flexibility index (Phi) is 4.54. The number of hydrogen-bond acceptors (Lipinski definition) is 1. The number of halogens is 5. The van der Waals surface area contributed by atoms with Crippen LogP contribution in [-0.4, -0.2) is 9.78 Å². The van der Waals surface area contributed by atoms with Gasteiger partial charge in [-0.1, -0.05) is 31.5 Å². The summed E-state index contributed by atoms with van der Waals surface area (Å²) in [4.78, 5) is 0. The molecule has 0 fully saturated rings. The summed E-state index contributed by atoms with van der Waals surface area (Å²) in [5.41, 5.74) is 0.844. The summed E-state index contributed by atoms with van der Waals surface area (Å²) in [6, 6.07) is 4.87. The number of alkyl halides is 4. The second kappa shape index (κ2) is 5.89. The summed E-state index contributed by atoms with van der Waals surface area (Å²) < 4.78 is 39.6. The van der Waals surface area contributed by atoms with Crippen molar-refractivity contribution in [2.75, 3.05) is 0 Å². The van der Waals surface area contributed by atoms with E-state index in [1.807, 2.05) is 13.8 Å². The first kappa shape index (κ1) is 16.2. The molecular formula is C14H13Cl2F3N2. The van der Waals surface area contributed by atoms with Crippen LogP contribution in [0.3, 0.4) is 0 Å². The Balaban J connectivity index is 2.57. The van der Waals surface area contributed by atoms with Crippen molar-refractivity contribution in [2.45, 2.75) is 31.8 Å². The Bertz CT molecular complexity index is 648. The molecule has 0 saturated heterocycles. The van der Waals surface area contributed by atoms with Gasteiger partial charge in [0.05, 0.1) is 22.8 Å². The highest BCUT2D eigenvalue weighted by molar-refractivity contribution is 6.31. The molecule has 0 unspecified atom stereocenters. The molecule has 0 saturated carbocycles. The largest absolute Gasteiger partial charge is 0.416 e. The second-order valence-corrected chi connectivity index (χ2v) is 5.53. The summed E-state index contributed by atoms with van der Waals surface area (Å²) in [5.74, 6) is 0.231. The lowest BCUT2D eigenvalue weighted by Gasteiger charge is -2.09. The van der Waals surface area contributed by atoms with Gasteiger partial charge >= 0.3 is 6.18 Å². The molecule has 1 heterocycles. The highest BCUT2D eigenvalue weighted by Crippen LogP contribution is 2.33. The van der Waals surface area contributed by atoms with Crippen molar-refractivity contribution in [2.24, 2.45) is 0 Å². The number of aromatic nitrogens is 2. The maximum absolute atomic E-state index is 12.8. The van der Waals surface area contributed by atoms with E-state index >= 15 is 0 Å². The maximum atomic E-state index is 12.8. The number of hydrogen-bond donors (Lipinski definition) is 0. The smallest absolute Gasteiger partial charge is 0.222 e. The lowest BCUT2D eigenvalue weighted by Crippen LogP contribution is -2.06. The first-order valence-electron chi connectivity index (χ1n) is 6.26. The van der Waals surface area contributed by atoms with Gasteiger partial charge in [-0.15, -0.1) is 11.6 Å². The van der Waals surface area contributed by atoms with E-state index in [0.29, 0.717) is 11.3 Å². The number of benzene rings is 1. The van der Waals surface area contributed by atoms with E-state index in [4.69, 9.17) is 23.2 Å². The van der Waals surface area contributed by atoms with Crippen LogP contribution in [0, 0.1) is 0 Å². The van der Waals surface area contributed by atoms with Crippen LogP contribution >= 0.6 is 23.2 Å². The summed E-state index contributed by atoms with van der Waals surface area (Å²) in [6.07, 6.45) is -4.41. The third kappa shape index (κ3) is 3.19. The average molecular weight is 337 g/mol. The molecule has 0 N–H and O–H groups in total. The molecule has 1 aromatic heterocycles. The molecule has 0 aliphatic rings. The third-order valence-corrected chi connectivity index (χ3v) is 3.71. The van der Waals surface area contributed by atoms with Crippen LogP contribution in [-0.2, 0) is 12.1 Å². The monoisotopic (exact) mass is 336 g/mol. The van der Waals surface area contributed by atoms with Crippen LogP contribution in [0.4, 0.5) is 13.2 Å². The Morgan fingerprint density at radius 2 is 1.95 bits per heavy atom. The highest BCUT2D eigenvalue weighted by atomic mass is 35.5. The Labute approximate surface area is 130 Å². The van der Waals surface area contributed by atoms with Crippen molar-refractivity contribution in [3.63, 3.8) is 0 Å². The van der Waals surface area contributed by atoms with E-state index in [9.17, 15) is 13.2 Å². The molecule has 21 heavy (non-hydrogen) atoms. The zero-order valence-corrected chi connectivity index (χ0v) is 12.9. The van der Waals surface area contributed by atoms with Gasteiger partial charge in [-0.05, 0) is 24.1 Å². The van der Waals surface area contributed by atoms with E-state index in [1.54, 1.807) is 0 Å². The molecule has 0 spiro atoms. The highest BCUT2D eigenvalue weighted by Gasteiger charge is 2.31. The summed E-state index contributed by atoms with van der Waals surface area (Å²) in [6.45, 7) is 3.84. The fourth-order valence-electron chi connectivity index (χ4n) is 2.02. The summed E-state index contributed by atoms with van der Waals surface area (Å²) in [5, 5.41) is 4.55. The molecular weight excluding hydrogens is 324 g/mol. The molecule has 0 radical (unpaired) electrons. The lowest BCUT2D eigenvalue weighted by atomic mass is 10.1. The van der Waals surface area contributed by atoms with Crippen molar-refractivity contribution in [1.29, 1.82) is 0 Å². The minimum Gasteiger partial charge on any atom is -0.222 e. The van der Waals surface area contributed by atoms with Crippen molar-refractivity contribution < 1.29 is 13.2 Å². The third-order valence-electron chi connectivity index (χ3n) is 3.05. The van der Waals surface area contributed by atoms with Gasteiger partial charge in [0, 0.05) is 5.56 Å². The van der Waals surface area contributed by atoms with Gasteiger partial charge in [-0.2, -0.15) is 18.3 Å². The predicted molar refractivity (Wildman–Crippen MR) is 77.2 cm³/mol. The van der Waals surface area contributed by atoms with E-state index in [1.165, 1.54) is 16.8 Å². The summed E-state index contributed by atoms with van der Waals surface area (Å²) >= 11 is 12.1. The van der Waals surface area contributed by atoms with Crippen LogP contribution in [0.5, 0.6) is 0 Å². The molecule has 2 nitrogen and oxygen atoms in total. The second-order valence-electron chi connectivity index (χ2n) is 4.90. The van der Waals surface area contributed by atoms with Crippen LogP contribution in [0.2, 0.25) is 5.15 Å². The lowest BCUT2D eigenvalue weighted by molar-refractivity contribution is -0.137. The van der Waals surface area contributed by atoms with Crippen LogP contribution in [0.15, 0.2) is 24.3 Å². The molecule has 0 aliphatic heterocycles. The number of nitrogens with zero attached hydrogens (tertiary/aromatic N) is 2. The quantitative estimate of drug-likeness (QED) is 0.685. The molecule has 114 valence electrons. The minimum atomic E-state index is -4.41. The summed E-state index contributed by atoms with van der Waals surface area (Å²) in [7, 11) is 0. The average Bonchev–Trinajstić information content (AvgIpc) is 2.75. The maximum Gasteiger partial charge on any atom is 0.416 e. The van der Waals surface area contributed by atoms with Crippen molar-refractivity contribution in [1.82, 2.24) is 9.78 Å².